The molecule has 1 aromatic carbocycles. The standard InChI is InChI=1S/C18H22O5/c1-5-22-16(20)13-14(18(3,4)23-17(13)21)11(2)15(19)12-9-7-6-8-10-12/h6-11,13-14H,5H2,1-4H3/t11-,13-,14+/m0/s1. The highest BCUT2D eigenvalue weighted by Crippen LogP contribution is 2.43. The molecule has 3 atom stereocenters. The largest absolute Gasteiger partial charge is 0.465 e. The normalized spacial score (nSPS) is 23.9. The highest BCUT2D eigenvalue weighted by atomic mass is 16.6. The Hall–Kier alpha value is -2.17. The Bertz CT molecular complexity index is 605. The average molecular weight is 318 g/mol. The Labute approximate surface area is 136 Å². The Morgan fingerprint density at radius 3 is 2.43 bits per heavy atom. The van der Waals surface area contributed by atoms with Gasteiger partial charge < -0.3 is 9.47 Å². The van der Waals surface area contributed by atoms with Crippen LogP contribution in [-0.4, -0.2) is 29.9 Å². The van der Waals surface area contributed by atoms with Gasteiger partial charge in [0.25, 0.3) is 0 Å². The zero-order valence-corrected chi connectivity index (χ0v) is 13.9. The predicted molar refractivity (Wildman–Crippen MR) is 83.7 cm³/mol. The van der Waals surface area contributed by atoms with Crippen molar-refractivity contribution in [2.24, 2.45) is 17.8 Å². The fourth-order valence-corrected chi connectivity index (χ4v) is 3.33. The maximum atomic E-state index is 12.7. The van der Waals surface area contributed by atoms with Crippen LogP contribution in [0.15, 0.2) is 30.3 Å². The summed E-state index contributed by atoms with van der Waals surface area (Å²) in [5.74, 6) is -3.54. The number of cyclic esters (lactones) is 1. The zero-order chi connectivity index (χ0) is 17.2. The van der Waals surface area contributed by atoms with E-state index in [1.165, 1.54) is 0 Å². The number of hydrogen-bond donors (Lipinski definition) is 0. The molecular weight excluding hydrogens is 296 g/mol. The average Bonchev–Trinajstić information content (AvgIpc) is 2.75. The van der Waals surface area contributed by atoms with Crippen LogP contribution in [-0.2, 0) is 19.1 Å². The third-order valence-electron chi connectivity index (χ3n) is 4.33. The first-order chi connectivity index (χ1) is 10.8. The summed E-state index contributed by atoms with van der Waals surface area (Å²) in [4.78, 5) is 37.1. The Kier molecular flexibility index (Phi) is 4.88. The molecule has 0 bridgehead atoms. The molecule has 0 amide bonds. The van der Waals surface area contributed by atoms with Crippen LogP contribution in [0.3, 0.4) is 0 Å². The van der Waals surface area contributed by atoms with Crippen molar-refractivity contribution < 1.29 is 23.9 Å². The van der Waals surface area contributed by atoms with Gasteiger partial charge in [-0.1, -0.05) is 37.3 Å². The van der Waals surface area contributed by atoms with E-state index in [4.69, 9.17) is 9.47 Å². The predicted octanol–water partition coefficient (Wildman–Crippen LogP) is 2.64. The minimum absolute atomic E-state index is 0.115. The van der Waals surface area contributed by atoms with Crippen molar-refractivity contribution in [1.29, 1.82) is 0 Å². The van der Waals surface area contributed by atoms with Gasteiger partial charge in [-0.15, -0.1) is 0 Å². The van der Waals surface area contributed by atoms with Crippen molar-refractivity contribution in [2.75, 3.05) is 6.61 Å². The third kappa shape index (κ3) is 3.28. The maximum absolute atomic E-state index is 12.7. The number of carbonyl (C=O) groups is 3. The molecule has 0 saturated carbocycles. The molecule has 1 aliphatic heterocycles. The molecule has 0 spiro atoms. The topological polar surface area (TPSA) is 69.7 Å². The van der Waals surface area contributed by atoms with Gasteiger partial charge in [-0.3, -0.25) is 14.4 Å². The van der Waals surface area contributed by atoms with E-state index < -0.39 is 35.3 Å². The monoisotopic (exact) mass is 318 g/mol. The van der Waals surface area contributed by atoms with Gasteiger partial charge in [0, 0.05) is 17.4 Å². The van der Waals surface area contributed by atoms with Crippen LogP contribution < -0.4 is 0 Å². The summed E-state index contributed by atoms with van der Waals surface area (Å²) < 4.78 is 10.4. The number of hydrogen-bond acceptors (Lipinski definition) is 5. The van der Waals surface area contributed by atoms with E-state index in [2.05, 4.69) is 0 Å². The van der Waals surface area contributed by atoms with Crippen LogP contribution in [0, 0.1) is 17.8 Å². The molecule has 1 saturated heterocycles. The third-order valence-corrected chi connectivity index (χ3v) is 4.33. The Balaban J connectivity index is 2.34. The summed E-state index contributed by atoms with van der Waals surface area (Å²) in [6.07, 6.45) is 0. The van der Waals surface area contributed by atoms with Gasteiger partial charge in [-0.05, 0) is 20.8 Å². The van der Waals surface area contributed by atoms with Crippen LogP contribution in [0.1, 0.15) is 38.1 Å². The lowest BCUT2D eigenvalue weighted by Crippen LogP contribution is -2.41. The molecule has 0 aromatic heterocycles. The van der Waals surface area contributed by atoms with Crippen molar-refractivity contribution in [3.8, 4) is 0 Å². The fraction of sp³-hybridized carbons (Fsp3) is 0.500. The molecule has 0 unspecified atom stereocenters. The first-order valence-electron chi connectivity index (χ1n) is 7.78. The molecule has 1 aliphatic rings. The van der Waals surface area contributed by atoms with Crippen LogP contribution in [0.25, 0.3) is 0 Å². The van der Waals surface area contributed by atoms with Crippen molar-refractivity contribution in [1.82, 2.24) is 0 Å². The highest BCUT2D eigenvalue weighted by molar-refractivity contribution is 6.01. The number of ketones is 1. The van der Waals surface area contributed by atoms with E-state index in [1.807, 2.05) is 6.07 Å². The summed E-state index contributed by atoms with van der Waals surface area (Å²) in [5, 5.41) is 0. The summed E-state index contributed by atoms with van der Waals surface area (Å²) in [5.41, 5.74) is -0.351. The molecule has 5 heteroatoms. The first kappa shape index (κ1) is 17.2. The molecule has 23 heavy (non-hydrogen) atoms. The minimum Gasteiger partial charge on any atom is -0.465 e. The Morgan fingerprint density at radius 1 is 1.26 bits per heavy atom. The molecule has 0 radical (unpaired) electrons. The number of rotatable bonds is 5. The van der Waals surface area contributed by atoms with E-state index in [0.717, 1.165) is 0 Å². The van der Waals surface area contributed by atoms with Gasteiger partial charge >= 0.3 is 11.9 Å². The van der Waals surface area contributed by atoms with Crippen LogP contribution >= 0.6 is 0 Å². The van der Waals surface area contributed by atoms with Crippen molar-refractivity contribution in [2.45, 2.75) is 33.3 Å². The molecule has 124 valence electrons. The minimum atomic E-state index is -1.06. The van der Waals surface area contributed by atoms with Crippen LogP contribution in [0.4, 0.5) is 0 Å². The van der Waals surface area contributed by atoms with Gasteiger partial charge in [-0.2, -0.15) is 0 Å². The van der Waals surface area contributed by atoms with Crippen LogP contribution in [0.5, 0.6) is 0 Å². The summed E-state index contributed by atoms with van der Waals surface area (Å²) in [6.45, 7) is 7.04. The molecule has 0 aliphatic carbocycles. The summed E-state index contributed by atoms with van der Waals surface area (Å²) >= 11 is 0. The lowest BCUT2D eigenvalue weighted by Gasteiger charge is -2.30. The molecule has 0 N–H and O–H groups in total. The summed E-state index contributed by atoms with van der Waals surface area (Å²) in [6, 6.07) is 8.84. The highest BCUT2D eigenvalue weighted by Gasteiger charge is 2.57. The van der Waals surface area contributed by atoms with E-state index in [-0.39, 0.29) is 12.4 Å². The van der Waals surface area contributed by atoms with Gasteiger partial charge in [0.15, 0.2) is 11.7 Å². The van der Waals surface area contributed by atoms with Gasteiger partial charge in [0.1, 0.15) is 5.60 Å². The molecule has 1 heterocycles. The second-order valence-corrected chi connectivity index (χ2v) is 6.30. The molecule has 1 aromatic rings. The molecular formula is C18H22O5. The molecule has 1 fully saturated rings. The van der Waals surface area contributed by atoms with Crippen molar-refractivity contribution in [3.63, 3.8) is 0 Å². The quantitative estimate of drug-likeness (QED) is 0.474. The fourth-order valence-electron chi connectivity index (χ4n) is 3.33. The van der Waals surface area contributed by atoms with Gasteiger partial charge in [0.05, 0.1) is 6.61 Å². The SMILES string of the molecule is CCOC(=O)[C@H]1C(=O)OC(C)(C)[C@@H]1[C@H](C)C(=O)c1ccccc1. The van der Waals surface area contributed by atoms with Gasteiger partial charge in [0.2, 0.25) is 0 Å². The zero-order valence-electron chi connectivity index (χ0n) is 13.9. The number of benzene rings is 1. The number of ether oxygens (including phenoxy) is 2. The summed E-state index contributed by atoms with van der Waals surface area (Å²) in [7, 11) is 0. The van der Waals surface area contributed by atoms with E-state index in [0.29, 0.717) is 5.56 Å². The Morgan fingerprint density at radius 2 is 1.87 bits per heavy atom. The van der Waals surface area contributed by atoms with Gasteiger partial charge in [-0.25, -0.2) is 0 Å². The first-order valence-corrected chi connectivity index (χ1v) is 7.78. The number of esters is 2. The van der Waals surface area contributed by atoms with Crippen molar-refractivity contribution >= 4 is 17.7 Å². The second kappa shape index (κ2) is 6.52. The number of Topliss-reactive ketones (excluding diaryl/α,β-unsaturated/α-hetero) is 1. The van der Waals surface area contributed by atoms with Crippen molar-refractivity contribution in [3.05, 3.63) is 35.9 Å². The van der Waals surface area contributed by atoms with E-state index in [1.54, 1.807) is 52.0 Å². The van der Waals surface area contributed by atoms with E-state index in [9.17, 15) is 14.4 Å². The van der Waals surface area contributed by atoms with E-state index >= 15 is 0 Å². The molecule has 5 nitrogen and oxygen atoms in total. The smallest absolute Gasteiger partial charge is 0.321 e. The molecule has 2 rings (SSSR count). The lowest BCUT2D eigenvalue weighted by molar-refractivity contribution is -0.157. The number of carbonyl (C=O) groups excluding carboxylic acids is 3. The second-order valence-electron chi connectivity index (χ2n) is 6.30. The lowest BCUT2D eigenvalue weighted by atomic mass is 9.72. The maximum Gasteiger partial charge on any atom is 0.321 e. The van der Waals surface area contributed by atoms with Crippen LogP contribution in [0.2, 0.25) is 0 Å².